The molecule has 100 valence electrons. The second-order valence-electron chi connectivity index (χ2n) is 4.99. The Hall–Kier alpha value is -0.280. The van der Waals surface area contributed by atoms with Crippen LogP contribution in [0.1, 0.15) is 24.8 Å². The van der Waals surface area contributed by atoms with Crippen LogP contribution in [-0.2, 0) is 6.54 Å². The van der Waals surface area contributed by atoms with E-state index in [0.29, 0.717) is 6.04 Å². The van der Waals surface area contributed by atoms with Gasteiger partial charge in [0.15, 0.2) is 0 Å². The number of benzene rings is 1. The molecule has 0 aromatic heterocycles. The van der Waals surface area contributed by atoms with Crippen LogP contribution in [0.5, 0.6) is 0 Å². The van der Waals surface area contributed by atoms with E-state index in [-0.39, 0.29) is 0 Å². The van der Waals surface area contributed by atoms with Crippen molar-refractivity contribution in [1.82, 2.24) is 10.2 Å². The van der Waals surface area contributed by atoms with E-state index in [0.717, 1.165) is 35.2 Å². The Morgan fingerprint density at radius 1 is 1.28 bits per heavy atom. The lowest BCUT2D eigenvalue weighted by molar-refractivity contribution is 0.216. The molecular weight excluding hydrogens is 267 g/mol. The normalized spacial score (nSPS) is 21.0. The molecule has 0 radical (unpaired) electrons. The number of nitrogens with one attached hydrogen (secondary N) is 1. The van der Waals surface area contributed by atoms with Crippen molar-refractivity contribution in [3.05, 3.63) is 33.8 Å². The van der Waals surface area contributed by atoms with Gasteiger partial charge in [-0.05, 0) is 63.2 Å². The van der Waals surface area contributed by atoms with Gasteiger partial charge in [0, 0.05) is 22.6 Å². The summed E-state index contributed by atoms with van der Waals surface area (Å²) in [6.45, 7) is 3.12. The van der Waals surface area contributed by atoms with Crippen LogP contribution >= 0.6 is 23.2 Å². The SMILES string of the molecule is CN(Cc1cc(Cl)ccc1Cl)C1CCCNCC1. The molecule has 0 bridgehead atoms. The largest absolute Gasteiger partial charge is 0.317 e. The van der Waals surface area contributed by atoms with E-state index in [4.69, 9.17) is 23.2 Å². The minimum atomic E-state index is 0.634. The van der Waals surface area contributed by atoms with Gasteiger partial charge in [0.1, 0.15) is 0 Å². The molecule has 1 saturated heterocycles. The summed E-state index contributed by atoms with van der Waals surface area (Å²) >= 11 is 12.2. The number of hydrogen-bond donors (Lipinski definition) is 1. The molecule has 0 aliphatic carbocycles. The van der Waals surface area contributed by atoms with E-state index in [1.807, 2.05) is 18.2 Å². The van der Waals surface area contributed by atoms with Crippen molar-refractivity contribution in [3.8, 4) is 0 Å². The highest BCUT2D eigenvalue weighted by atomic mass is 35.5. The second-order valence-corrected chi connectivity index (χ2v) is 5.83. The third kappa shape index (κ3) is 3.86. The average molecular weight is 287 g/mol. The predicted octanol–water partition coefficient (Wildman–Crippen LogP) is 3.57. The summed E-state index contributed by atoms with van der Waals surface area (Å²) in [6.07, 6.45) is 3.70. The molecule has 1 aromatic carbocycles. The molecule has 1 N–H and O–H groups in total. The van der Waals surface area contributed by atoms with E-state index in [2.05, 4.69) is 17.3 Å². The summed E-state index contributed by atoms with van der Waals surface area (Å²) in [5.41, 5.74) is 1.11. The Balaban J connectivity index is 2.00. The first-order chi connectivity index (χ1) is 8.66. The topological polar surface area (TPSA) is 15.3 Å². The standard InChI is InChI=1S/C14H20Cl2N2/c1-18(13-3-2-7-17-8-6-13)10-11-9-12(15)4-5-14(11)16/h4-5,9,13,17H,2-3,6-8,10H2,1H3. The van der Waals surface area contributed by atoms with Crippen molar-refractivity contribution < 1.29 is 0 Å². The molecule has 1 unspecified atom stereocenters. The molecule has 18 heavy (non-hydrogen) atoms. The Labute approximate surface area is 119 Å². The molecule has 1 atom stereocenters. The van der Waals surface area contributed by atoms with Crippen LogP contribution in [0.4, 0.5) is 0 Å². The molecule has 2 rings (SSSR count). The van der Waals surface area contributed by atoms with Gasteiger partial charge < -0.3 is 5.32 Å². The smallest absolute Gasteiger partial charge is 0.0452 e. The summed E-state index contributed by atoms with van der Waals surface area (Å²) in [5, 5.41) is 5.00. The van der Waals surface area contributed by atoms with E-state index in [1.54, 1.807) is 0 Å². The van der Waals surface area contributed by atoms with E-state index in [9.17, 15) is 0 Å². The molecule has 1 heterocycles. The van der Waals surface area contributed by atoms with Crippen LogP contribution in [-0.4, -0.2) is 31.1 Å². The lowest BCUT2D eigenvalue weighted by Crippen LogP contribution is -2.32. The highest BCUT2D eigenvalue weighted by molar-refractivity contribution is 6.33. The maximum absolute atomic E-state index is 6.21. The van der Waals surface area contributed by atoms with Crippen molar-refractivity contribution in [2.45, 2.75) is 31.8 Å². The summed E-state index contributed by atoms with van der Waals surface area (Å²) in [5.74, 6) is 0. The second kappa shape index (κ2) is 6.76. The van der Waals surface area contributed by atoms with Crippen molar-refractivity contribution in [2.24, 2.45) is 0 Å². The molecule has 1 aliphatic heterocycles. The average Bonchev–Trinajstić information content (AvgIpc) is 2.62. The minimum absolute atomic E-state index is 0.634. The molecule has 2 nitrogen and oxygen atoms in total. The number of nitrogens with zero attached hydrogens (tertiary/aromatic N) is 1. The first-order valence-electron chi connectivity index (χ1n) is 6.51. The fourth-order valence-electron chi connectivity index (χ4n) is 2.50. The Kier molecular flexibility index (Phi) is 5.31. The maximum Gasteiger partial charge on any atom is 0.0452 e. The third-order valence-corrected chi connectivity index (χ3v) is 4.20. The van der Waals surface area contributed by atoms with Crippen LogP contribution in [0.3, 0.4) is 0 Å². The lowest BCUT2D eigenvalue weighted by atomic mass is 10.1. The third-order valence-electron chi connectivity index (χ3n) is 3.60. The van der Waals surface area contributed by atoms with Gasteiger partial charge in [-0.1, -0.05) is 23.2 Å². The summed E-state index contributed by atoms with van der Waals surface area (Å²) in [4.78, 5) is 2.39. The quantitative estimate of drug-likeness (QED) is 0.914. The van der Waals surface area contributed by atoms with E-state index in [1.165, 1.54) is 19.3 Å². The molecule has 0 saturated carbocycles. The molecule has 0 amide bonds. The number of hydrogen-bond acceptors (Lipinski definition) is 2. The van der Waals surface area contributed by atoms with Crippen LogP contribution in [0.25, 0.3) is 0 Å². The maximum atomic E-state index is 6.21. The first-order valence-corrected chi connectivity index (χ1v) is 7.27. The summed E-state index contributed by atoms with van der Waals surface area (Å²) in [7, 11) is 2.17. The van der Waals surface area contributed by atoms with Gasteiger partial charge in [0.2, 0.25) is 0 Å². The fourth-order valence-corrected chi connectivity index (χ4v) is 2.88. The zero-order chi connectivity index (χ0) is 13.0. The predicted molar refractivity (Wildman–Crippen MR) is 78.4 cm³/mol. The monoisotopic (exact) mass is 286 g/mol. The Bertz CT molecular complexity index is 387. The number of halogens is 2. The molecule has 1 aromatic rings. The Morgan fingerprint density at radius 3 is 2.94 bits per heavy atom. The van der Waals surface area contributed by atoms with Gasteiger partial charge in [-0.15, -0.1) is 0 Å². The van der Waals surface area contributed by atoms with E-state index < -0.39 is 0 Å². The van der Waals surface area contributed by atoms with Crippen LogP contribution in [0.15, 0.2) is 18.2 Å². The minimum Gasteiger partial charge on any atom is -0.317 e. The van der Waals surface area contributed by atoms with Crippen LogP contribution in [0.2, 0.25) is 10.0 Å². The van der Waals surface area contributed by atoms with Crippen LogP contribution in [0, 0.1) is 0 Å². The number of rotatable bonds is 3. The van der Waals surface area contributed by atoms with Crippen molar-refractivity contribution in [3.63, 3.8) is 0 Å². The first kappa shape index (κ1) is 14.1. The van der Waals surface area contributed by atoms with Gasteiger partial charge in [0.25, 0.3) is 0 Å². The van der Waals surface area contributed by atoms with Crippen molar-refractivity contribution >= 4 is 23.2 Å². The van der Waals surface area contributed by atoms with Gasteiger partial charge in [-0.25, -0.2) is 0 Å². The zero-order valence-electron chi connectivity index (χ0n) is 10.8. The molecule has 1 aliphatic rings. The molecular formula is C14H20Cl2N2. The fraction of sp³-hybridized carbons (Fsp3) is 0.571. The van der Waals surface area contributed by atoms with Crippen LogP contribution < -0.4 is 5.32 Å². The highest BCUT2D eigenvalue weighted by Crippen LogP contribution is 2.23. The van der Waals surface area contributed by atoms with Gasteiger partial charge in [-0.3, -0.25) is 4.90 Å². The highest BCUT2D eigenvalue weighted by Gasteiger charge is 2.17. The van der Waals surface area contributed by atoms with Gasteiger partial charge in [-0.2, -0.15) is 0 Å². The lowest BCUT2D eigenvalue weighted by Gasteiger charge is -2.27. The molecule has 1 fully saturated rings. The summed E-state index contributed by atoms with van der Waals surface area (Å²) < 4.78 is 0. The zero-order valence-corrected chi connectivity index (χ0v) is 12.3. The van der Waals surface area contributed by atoms with Gasteiger partial charge >= 0.3 is 0 Å². The van der Waals surface area contributed by atoms with Crippen molar-refractivity contribution in [1.29, 1.82) is 0 Å². The van der Waals surface area contributed by atoms with E-state index >= 15 is 0 Å². The molecule has 4 heteroatoms. The van der Waals surface area contributed by atoms with Gasteiger partial charge in [0.05, 0.1) is 0 Å². The van der Waals surface area contributed by atoms with Crippen molar-refractivity contribution in [2.75, 3.05) is 20.1 Å². The Morgan fingerprint density at radius 2 is 2.11 bits per heavy atom. The molecule has 0 spiro atoms. The summed E-state index contributed by atoms with van der Waals surface area (Å²) in [6, 6.07) is 6.31.